The molecular formula is C13H14BrNO2. The molecule has 0 aliphatic heterocycles. The molecule has 90 valence electrons. The summed E-state index contributed by atoms with van der Waals surface area (Å²) in [5, 5.41) is 12.2. The van der Waals surface area contributed by atoms with Crippen LogP contribution in [0.3, 0.4) is 0 Å². The third kappa shape index (κ3) is 3.11. The van der Waals surface area contributed by atoms with Crippen LogP contribution in [0.15, 0.2) is 39.2 Å². The van der Waals surface area contributed by atoms with Gasteiger partial charge in [-0.1, -0.05) is 6.07 Å². The van der Waals surface area contributed by atoms with Gasteiger partial charge < -0.3 is 14.8 Å². The minimum Gasteiger partial charge on any atom is -0.462 e. The molecule has 0 fully saturated rings. The first kappa shape index (κ1) is 12.2. The Morgan fingerprint density at radius 2 is 2.00 bits per heavy atom. The van der Waals surface area contributed by atoms with Gasteiger partial charge in [-0.15, -0.1) is 0 Å². The first-order valence-electron chi connectivity index (χ1n) is 5.37. The van der Waals surface area contributed by atoms with Crippen molar-refractivity contribution in [3.05, 3.63) is 51.9 Å². The second-order valence-electron chi connectivity index (χ2n) is 3.86. The number of benzene rings is 1. The maximum absolute atomic E-state index is 8.90. The van der Waals surface area contributed by atoms with Crippen LogP contribution >= 0.6 is 15.9 Å². The maximum Gasteiger partial charge on any atom is 0.129 e. The molecule has 0 amide bonds. The van der Waals surface area contributed by atoms with E-state index in [1.54, 1.807) is 6.07 Å². The third-order valence-electron chi connectivity index (χ3n) is 2.45. The number of halogens is 1. The Kier molecular flexibility index (Phi) is 3.86. The minimum absolute atomic E-state index is 0.0614. The Balaban J connectivity index is 2.04. The lowest BCUT2D eigenvalue weighted by molar-refractivity contribution is 0.244. The normalized spacial score (nSPS) is 10.5. The molecule has 1 heterocycles. The molecule has 0 bridgehead atoms. The van der Waals surface area contributed by atoms with E-state index < -0.39 is 0 Å². The van der Waals surface area contributed by atoms with Crippen molar-refractivity contribution in [2.45, 2.75) is 20.1 Å². The number of furan rings is 1. The molecule has 0 atom stereocenters. The summed E-state index contributed by atoms with van der Waals surface area (Å²) in [6.07, 6.45) is 0. The average Bonchev–Trinajstić information content (AvgIpc) is 2.78. The molecule has 2 aromatic rings. The number of aryl methyl sites for hydroxylation is 1. The Morgan fingerprint density at radius 3 is 2.71 bits per heavy atom. The molecular weight excluding hydrogens is 282 g/mol. The molecule has 0 radical (unpaired) electrons. The van der Waals surface area contributed by atoms with Crippen LogP contribution in [0.4, 0.5) is 5.69 Å². The number of rotatable bonds is 4. The van der Waals surface area contributed by atoms with E-state index in [0.717, 1.165) is 15.9 Å². The molecule has 0 unspecified atom stereocenters. The number of anilines is 1. The first-order chi connectivity index (χ1) is 8.19. The quantitative estimate of drug-likeness (QED) is 0.908. The summed E-state index contributed by atoms with van der Waals surface area (Å²) >= 11 is 3.49. The van der Waals surface area contributed by atoms with Crippen LogP contribution < -0.4 is 5.32 Å². The van der Waals surface area contributed by atoms with Crippen LogP contribution in [0, 0.1) is 6.92 Å². The average molecular weight is 296 g/mol. The zero-order valence-electron chi connectivity index (χ0n) is 9.53. The van der Waals surface area contributed by atoms with Crippen molar-refractivity contribution < 1.29 is 9.52 Å². The van der Waals surface area contributed by atoms with E-state index in [9.17, 15) is 0 Å². The Morgan fingerprint density at radius 1 is 1.24 bits per heavy atom. The van der Waals surface area contributed by atoms with Crippen LogP contribution in [-0.4, -0.2) is 5.11 Å². The summed E-state index contributed by atoms with van der Waals surface area (Å²) in [7, 11) is 0. The van der Waals surface area contributed by atoms with Crippen LogP contribution in [-0.2, 0) is 13.2 Å². The van der Waals surface area contributed by atoms with Crippen LogP contribution in [0.5, 0.6) is 0 Å². The van der Waals surface area contributed by atoms with Crippen molar-refractivity contribution in [3.8, 4) is 0 Å². The molecule has 1 aromatic carbocycles. The van der Waals surface area contributed by atoms with E-state index in [4.69, 9.17) is 9.52 Å². The highest BCUT2D eigenvalue weighted by atomic mass is 79.9. The molecule has 0 aliphatic rings. The fourth-order valence-corrected chi connectivity index (χ4v) is 1.95. The lowest BCUT2D eigenvalue weighted by Gasteiger charge is -2.07. The zero-order valence-corrected chi connectivity index (χ0v) is 11.1. The summed E-state index contributed by atoms with van der Waals surface area (Å²) in [6.45, 7) is 2.59. The summed E-state index contributed by atoms with van der Waals surface area (Å²) in [5.74, 6) is 1.40. The third-order valence-corrected chi connectivity index (χ3v) is 3.14. The van der Waals surface area contributed by atoms with Gasteiger partial charge >= 0.3 is 0 Å². The number of aliphatic hydroxyl groups is 1. The topological polar surface area (TPSA) is 45.4 Å². The summed E-state index contributed by atoms with van der Waals surface area (Å²) < 4.78 is 6.42. The van der Waals surface area contributed by atoms with Crippen molar-refractivity contribution in [2.24, 2.45) is 0 Å². The molecule has 1 aromatic heterocycles. The molecule has 3 nitrogen and oxygen atoms in total. The van der Waals surface area contributed by atoms with Gasteiger partial charge in [0, 0.05) is 10.2 Å². The summed E-state index contributed by atoms with van der Waals surface area (Å²) in [4.78, 5) is 0. The number of nitrogens with one attached hydrogen (secondary N) is 1. The first-order valence-corrected chi connectivity index (χ1v) is 6.17. The van der Waals surface area contributed by atoms with Gasteiger partial charge in [0.2, 0.25) is 0 Å². The molecule has 0 aliphatic carbocycles. The van der Waals surface area contributed by atoms with Crippen LogP contribution in [0.1, 0.15) is 17.1 Å². The van der Waals surface area contributed by atoms with Gasteiger partial charge in [-0.05, 0) is 52.7 Å². The van der Waals surface area contributed by atoms with E-state index in [2.05, 4.69) is 27.3 Å². The molecule has 0 saturated heterocycles. The van der Waals surface area contributed by atoms with Gasteiger partial charge in [0.05, 0.1) is 6.54 Å². The standard InChI is InChI=1S/C13H14BrNO2/c1-9-2-5-12(14)13(6-9)15-7-10-3-4-11(8-16)17-10/h2-6,15-16H,7-8H2,1H3. The number of hydrogen-bond donors (Lipinski definition) is 2. The Hall–Kier alpha value is -1.26. The number of aliphatic hydroxyl groups excluding tert-OH is 1. The van der Waals surface area contributed by atoms with E-state index in [1.165, 1.54) is 5.56 Å². The van der Waals surface area contributed by atoms with Crippen molar-refractivity contribution in [2.75, 3.05) is 5.32 Å². The van der Waals surface area contributed by atoms with Gasteiger partial charge in [0.1, 0.15) is 18.1 Å². The van der Waals surface area contributed by atoms with E-state index in [-0.39, 0.29) is 6.61 Å². The van der Waals surface area contributed by atoms with E-state index in [1.807, 2.05) is 25.1 Å². The monoisotopic (exact) mass is 295 g/mol. The van der Waals surface area contributed by atoms with Crippen LogP contribution in [0.2, 0.25) is 0 Å². The lowest BCUT2D eigenvalue weighted by atomic mass is 10.2. The van der Waals surface area contributed by atoms with E-state index in [0.29, 0.717) is 12.3 Å². The molecule has 4 heteroatoms. The summed E-state index contributed by atoms with van der Waals surface area (Å²) in [6, 6.07) is 9.77. The van der Waals surface area contributed by atoms with Gasteiger partial charge in [-0.2, -0.15) is 0 Å². The van der Waals surface area contributed by atoms with Gasteiger partial charge in [0.15, 0.2) is 0 Å². The minimum atomic E-state index is -0.0614. The highest BCUT2D eigenvalue weighted by Crippen LogP contribution is 2.24. The fraction of sp³-hybridized carbons (Fsp3) is 0.231. The van der Waals surface area contributed by atoms with Crippen molar-refractivity contribution >= 4 is 21.6 Å². The largest absolute Gasteiger partial charge is 0.462 e. The molecule has 2 rings (SSSR count). The smallest absolute Gasteiger partial charge is 0.129 e. The molecule has 0 saturated carbocycles. The predicted octanol–water partition coefficient (Wildman–Crippen LogP) is 3.45. The van der Waals surface area contributed by atoms with Crippen molar-refractivity contribution in [1.82, 2.24) is 0 Å². The molecule has 17 heavy (non-hydrogen) atoms. The van der Waals surface area contributed by atoms with Crippen molar-refractivity contribution in [3.63, 3.8) is 0 Å². The van der Waals surface area contributed by atoms with E-state index >= 15 is 0 Å². The van der Waals surface area contributed by atoms with Gasteiger partial charge in [-0.25, -0.2) is 0 Å². The maximum atomic E-state index is 8.90. The second-order valence-corrected chi connectivity index (χ2v) is 4.72. The fourth-order valence-electron chi connectivity index (χ4n) is 1.56. The number of hydrogen-bond acceptors (Lipinski definition) is 3. The Bertz CT molecular complexity index is 508. The Labute approximate surface area is 109 Å². The predicted molar refractivity (Wildman–Crippen MR) is 70.8 cm³/mol. The lowest BCUT2D eigenvalue weighted by Crippen LogP contribution is -1.99. The van der Waals surface area contributed by atoms with Crippen molar-refractivity contribution in [1.29, 1.82) is 0 Å². The highest BCUT2D eigenvalue weighted by molar-refractivity contribution is 9.10. The summed E-state index contributed by atoms with van der Waals surface area (Å²) in [5.41, 5.74) is 2.23. The van der Waals surface area contributed by atoms with Gasteiger partial charge in [-0.3, -0.25) is 0 Å². The zero-order chi connectivity index (χ0) is 12.3. The highest BCUT2D eigenvalue weighted by Gasteiger charge is 2.03. The molecule has 0 spiro atoms. The van der Waals surface area contributed by atoms with Crippen LogP contribution in [0.25, 0.3) is 0 Å². The molecule has 2 N–H and O–H groups in total. The van der Waals surface area contributed by atoms with Gasteiger partial charge in [0.25, 0.3) is 0 Å². The SMILES string of the molecule is Cc1ccc(Br)c(NCc2ccc(CO)o2)c1. The second kappa shape index (κ2) is 5.38.